The van der Waals surface area contributed by atoms with E-state index in [2.05, 4.69) is 5.32 Å². The average molecular weight is 391 g/mol. The van der Waals surface area contributed by atoms with Crippen LogP contribution in [-0.4, -0.2) is 50.1 Å². The third-order valence-electron chi connectivity index (χ3n) is 4.05. The number of benzene rings is 2. The van der Waals surface area contributed by atoms with E-state index in [0.717, 1.165) is 0 Å². The number of hydrogen-bond donors (Lipinski definition) is 1. The van der Waals surface area contributed by atoms with Crippen molar-refractivity contribution in [2.75, 3.05) is 39.7 Å². The molecule has 0 unspecified atom stereocenters. The molecule has 2 rings (SSSR count). The molecule has 1 N–H and O–H groups in total. The van der Waals surface area contributed by atoms with Crippen LogP contribution in [0.1, 0.15) is 15.9 Å². The molecule has 0 atom stereocenters. The quantitative estimate of drug-likeness (QED) is 0.401. The van der Waals surface area contributed by atoms with Gasteiger partial charge in [-0.25, -0.2) is 4.39 Å². The zero-order chi connectivity index (χ0) is 20.7. The van der Waals surface area contributed by atoms with Crippen LogP contribution < -0.4 is 10.1 Å². The third-order valence-corrected chi connectivity index (χ3v) is 4.05. The van der Waals surface area contributed by atoms with Crippen molar-refractivity contribution in [3.63, 3.8) is 0 Å². The van der Waals surface area contributed by atoms with Crippen LogP contribution in [0.2, 0.25) is 0 Å². The summed E-state index contributed by atoms with van der Waals surface area (Å²) in [4.78, 5) is 24.8. The zero-order valence-corrected chi connectivity index (χ0v) is 15.9. The van der Waals surface area contributed by atoms with E-state index in [0.29, 0.717) is 24.4 Å². The van der Waals surface area contributed by atoms with Crippen molar-refractivity contribution in [3.8, 4) is 5.75 Å². The van der Waals surface area contributed by atoms with Crippen molar-refractivity contribution in [1.82, 2.24) is 4.90 Å². The largest absolute Gasteiger partial charge is 0.494 e. The Morgan fingerprint density at radius 1 is 1.25 bits per heavy atom. The minimum Gasteiger partial charge on any atom is -0.494 e. The van der Waals surface area contributed by atoms with E-state index in [9.17, 15) is 19.3 Å². The molecule has 0 aliphatic heterocycles. The normalized spacial score (nSPS) is 10.4. The summed E-state index contributed by atoms with van der Waals surface area (Å²) in [6.45, 7) is 0.925. The lowest BCUT2D eigenvalue weighted by molar-refractivity contribution is -0.384. The number of ether oxygens (including phenoxy) is 2. The van der Waals surface area contributed by atoms with E-state index >= 15 is 0 Å². The molecule has 1 amide bonds. The van der Waals surface area contributed by atoms with Gasteiger partial charge in [-0.3, -0.25) is 14.9 Å². The van der Waals surface area contributed by atoms with Crippen LogP contribution in [-0.2, 0) is 11.3 Å². The number of nitro benzene ring substituents is 1. The van der Waals surface area contributed by atoms with Crippen molar-refractivity contribution in [2.45, 2.75) is 6.54 Å². The molecule has 150 valence electrons. The Hall–Kier alpha value is -3.20. The minimum atomic E-state index is -0.551. The summed E-state index contributed by atoms with van der Waals surface area (Å²) in [7, 11) is 4.44. The first-order chi connectivity index (χ1) is 13.4. The Kier molecular flexibility index (Phi) is 7.28. The number of nitrogens with one attached hydrogen (secondary N) is 1. The predicted octanol–water partition coefficient (Wildman–Crippen LogP) is 3.07. The van der Waals surface area contributed by atoms with Gasteiger partial charge in [0.05, 0.1) is 18.6 Å². The molecule has 0 radical (unpaired) electrons. The van der Waals surface area contributed by atoms with Gasteiger partial charge in [0.1, 0.15) is 5.69 Å². The number of anilines is 1. The van der Waals surface area contributed by atoms with Gasteiger partial charge in [-0.15, -0.1) is 0 Å². The van der Waals surface area contributed by atoms with Crippen LogP contribution in [0.15, 0.2) is 36.4 Å². The third kappa shape index (κ3) is 5.17. The Morgan fingerprint density at radius 3 is 2.61 bits per heavy atom. The maximum atomic E-state index is 13.8. The summed E-state index contributed by atoms with van der Waals surface area (Å²) in [6.07, 6.45) is 0. The molecule has 0 bridgehead atoms. The standard InChI is InChI=1S/C19H22FN3O5/c1-22(12-13-4-7-18(28-3)15(20)10-13)19(24)14-5-6-16(21-8-9-27-2)17(11-14)23(25)26/h4-7,10-11,21H,8-9,12H2,1-3H3. The number of halogens is 1. The van der Waals surface area contributed by atoms with Crippen LogP contribution in [0.25, 0.3) is 0 Å². The summed E-state index contributed by atoms with van der Waals surface area (Å²) in [5, 5.41) is 14.2. The molecular weight excluding hydrogens is 369 g/mol. The maximum absolute atomic E-state index is 13.8. The van der Waals surface area contributed by atoms with Crippen molar-refractivity contribution in [3.05, 3.63) is 63.5 Å². The highest BCUT2D eigenvalue weighted by Gasteiger charge is 2.20. The molecule has 0 spiro atoms. The van der Waals surface area contributed by atoms with E-state index in [1.807, 2.05) is 0 Å². The number of hydrogen-bond acceptors (Lipinski definition) is 6. The molecule has 0 heterocycles. The van der Waals surface area contributed by atoms with Crippen molar-refractivity contribution >= 4 is 17.3 Å². The molecule has 0 aliphatic carbocycles. The van der Waals surface area contributed by atoms with Crippen molar-refractivity contribution in [1.29, 1.82) is 0 Å². The lowest BCUT2D eigenvalue weighted by Gasteiger charge is -2.18. The van der Waals surface area contributed by atoms with Crippen LogP contribution in [0, 0.1) is 15.9 Å². The Bertz CT molecular complexity index is 859. The predicted molar refractivity (Wildman–Crippen MR) is 102 cm³/mol. The van der Waals surface area contributed by atoms with E-state index in [-0.39, 0.29) is 23.5 Å². The fourth-order valence-electron chi connectivity index (χ4n) is 2.63. The molecule has 28 heavy (non-hydrogen) atoms. The lowest BCUT2D eigenvalue weighted by atomic mass is 10.1. The van der Waals surface area contributed by atoms with E-state index < -0.39 is 16.6 Å². The minimum absolute atomic E-state index is 0.116. The van der Waals surface area contributed by atoms with Gasteiger partial charge in [-0.2, -0.15) is 0 Å². The van der Waals surface area contributed by atoms with Crippen LogP contribution in [0.3, 0.4) is 0 Å². The summed E-state index contributed by atoms with van der Waals surface area (Å²) in [5.41, 5.74) is 0.839. The number of amides is 1. The summed E-state index contributed by atoms with van der Waals surface area (Å²) in [6, 6.07) is 8.64. The Balaban J connectivity index is 2.16. The topological polar surface area (TPSA) is 93.9 Å². The fourth-order valence-corrected chi connectivity index (χ4v) is 2.63. The molecule has 2 aromatic carbocycles. The highest BCUT2D eigenvalue weighted by molar-refractivity contribution is 5.95. The molecule has 8 nitrogen and oxygen atoms in total. The van der Waals surface area contributed by atoms with Crippen LogP contribution in [0.4, 0.5) is 15.8 Å². The van der Waals surface area contributed by atoms with Crippen LogP contribution >= 0.6 is 0 Å². The highest BCUT2D eigenvalue weighted by Crippen LogP contribution is 2.26. The Labute approximate surface area is 162 Å². The zero-order valence-electron chi connectivity index (χ0n) is 15.9. The van der Waals surface area contributed by atoms with Crippen LogP contribution in [0.5, 0.6) is 5.75 Å². The van der Waals surface area contributed by atoms with Gasteiger partial charge in [-0.1, -0.05) is 6.07 Å². The maximum Gasteiger partial charge on any atom is 0.293 e. The lowest BCUT2D eigenvalue weighted by Crippen LogP contribution is -2.26. The van der Waals surface area contributed by atoms with Gasteiger partial charge in [0, 0.05) is 38.9 Å². The van der Waals surface area contributed by atoms with E-state index in [1.54, 1.807) is 13.1 Å². The second kappa shape index (κ2) is 9.65. The molecule has 0 fully saturated rings. The SMILES string of the molecule is COCCNc1ccc(C(=O)N(C)Cc2ccc(OC)c(F)c2)cc1[N+](=O)[O-]. The monoisotopic (exact) mass is 391 g/mol. The molecule has 0 saturated carbocycles. The summed E-state index contributed by atoms with van der Waals surface area (Å²) < 4.78 is 23.6. The molecule has 2 aromatic rings. The fraction of sp³-hybridized carbons (Fsp3) is 0.316. The molecular formula is C19H22FN3O5. The highest BCUT2D eigenvalue weighted by atomic mass is 19.1. The number of rotatable bonds is 9. The van der Waals surface area contributed by atoms with E-state index in [4.69, 9.17) is 9.47 Å². The van der Waals surface area contributed by atoms with E-state index in [1.165, 1.54) is 49.5 Å². The van der Waals surface area contributed by atoms with Crippen molar-refractivity contribution in [2.24, 2.45) is 0 Å². The number of carbonyl (C=O) groups is 1. The molecule has 0 aliphatic rings. The first kappa shape index (κ1) is 21.1. The van der Waals surface area contributed by atoms with Gasteiger partial charge in [0.25, 0.3) is 11.6 Å². The average Bonchev–Trinajstić information content (AvgIpc) is 2.67. The van der Waals surface area contributed by atoms with Gasteiger partial charge < -0.3 is 19.7 Å². The number of methoxy groups -OCH3 is 2. The number of nitrogens with zero attached hydrogens (tertiary/aromatic N) is 2. The van der Waals surface area contributed by atoms with Crippen molar-refractivity contribution < 1.29 is 23.6 Å². The second-order valence-electron chi connectivity index (χ2n) is 6.04. The molecule has 9 heteroatoms. The van der Waals surface area contributed by atoms with Gasteiger partial charge in [-0.05, 0) is 29.8 Å². The number of nitro groups is 1. The molecule has 0 saturated heterocycles. The summed E-state index contributed by atoms with van der Waals surface area (Å²) in [5.74, 6) is -0.823. The van der Waals surface area contributed by atoms with Gasteiger partial charge in [0.2, 0.25) is 0 Å². The van der Waals surface area contributed by atoms with Gasteiger partial charge in [0.15, 0.2) is 11.6 Å². The first-order valence-electron chi connectivity index (χ1n) is 8.46. The van der Waals surface area contributed by atoms with Gasteiger partial charge >= 0.3 is 0 Å². The summed E-state index contributed by atoms with van der Waals surface area (Å²) >= 11 is 0. The number of carbonyl (C=O) groups excluding carboxylic acids is 1. The Morgan fingerprint density at radius 2 is 2.00 bits per heavy atom. The first-order valence-corrected chi connectivity index (χ1v) is 8.46. The second-order valence-corrected chi connectivity index (χ2v) is 6.04. The smallest absolute Gasteiger partial charge is 0.293 e. The molecule has 0 aromatic heterocycles.